The first-order valence-corrected chi connectivity index (χ1v) is 7.45. The Bertz CT molecular complexity index is 703. The van der Waals surface area contributed by atoms with Crippen molar-refractivity contribution >= 4 is 33.8 Å². The number of para-hydroxylation sites is 1. The van der Waals surface area contributed by atoms with Crippen LogP contribution in [0.1, 0.15) is 17.7 Å². The highest BCUT2D eigenvalue weighted by atomic mass is 32.1. The molecule has 0 atom stereocenters. The summed E-state index contributed by atoms with van der Waals surface area (Å²) in [6.45, 7) is 0. The fraction of sp³-hybridized carbons (Fsp3) is 0.200. The molecule has 0 saturated carbocycles. The van der Waals surface area contributed by atoms with Gasteiger partial charge in [-0.05, 0) is 30.4 Å². The average molecular weight is 285 g/mol. The first-order chi connectivity index (χ1) is 9.83. The van der Waals surface area contributed by atoms with Gasteiger partial charge in [0.25, 0.3) is 0 Å². The number of aryl methyl sites for hydroxylation is 1. The zero-order chi connectivity index (χ0) is 13.8. The highest BCUT2D eigenvalue weighted by molar-refractivity contribution is 7.09. The molecule has 0 saturated heterocycles. The summed E-state index contributed by atoms with van der Waals surface area (Å²) in [7, 11) is 0. The van der Waals surface area contributed by atoms with Gasteiger partial charge in [-0.1, -0.05) is 18.2 Å². The number of carbonyl (C=O) groups excluding carboxylic acids is 1. The van der Waals surface area contributed by atoms with Crippen molar-refractivity contribution in [1.82, 2.24) is 10.2 Å². The van der Waals surface area contributed by atoms with E-state index in [0.29, 0.717) is 6.42 Å². The van der Waals surface area contributed by atoms with Crippen LogP contribution in [-0.2, 0) is 11.2 Å². The van der Waals surface area contributed by atoms with Crippen LogP contribution >= 0.6 is 11.3 Å². The molecule has 0 bridgehead atoms. The van der Waals surface area contributed by atoms with E-state index in [4.69, 9.17) is 0 Å². The molecule has 0 unspecified atom stereocenters. The summed E-state index contributed by atoms with van der Waals surface area (Å²) in [4.78, 5) is 13.3. The lowest BCUT2D eigenvalue weighted by atomic mass is 10.2. The molecule has 1 aromatic carbocycles. The summed E-state index contributed by atoms with van der Waals surface area (Å²) in [5.74, 6) is 0.0451. The first-order valence-electron chi connectivity index (χ1n) is 6.57. The topological polar surface area (TPSA) is 57.8 Å². The Morgan fingerprint density at radius 1 is 1.30 bits per heavy atom. The van der Waals surface area contributed by atoms with Gasteiger partial charge in [0.2, 0.25) is 5.91 Å². The first kappa shape index (κ1) is 12.9. The molecule has 20 heavy (non-hydrogen) atoms. The average Bonchev–Trinajstić information content (AvgIpc) is 3.09. The van der Waals surface area contributed by atoms with Crippen LogP contribution < -0.4 is 5.32 Å². The second-order valence-corrected chi connectivity index (χ2v) is 5.65. The zero-order valence-corrected chi connectivity index (χ0v) is 11.7. The molecule has 102 valence electrons. The van der Waals surface area contributed by atoms with E-state index in [0.717, 1.165) is 29.4 Å². The van der Waals surface area contributed by atoms with Crippen molar-refractivity contribution in [2.45, 2.75) is 19.3 Å². The molecule has 0 aliphatic rings. The van der Waals surface area contributed by atoms with Crippen molar-refractivity contribution in [3.63, 3.8) is 0 Å². The van der Waals surface area contributed by atoms with Crippen molar-refractivity contribution in [3.8, 4) is 0 Å². The van der Waals surface area contributed by atoms with Gasteiger partial charge in [0.1, 0.15) is 0 Å². The molecule has 2 N–H and O–H groups in total. The van der Waals surface area contributed by atoms with Gasteiger partial charge >= 0.3 is 0 Å². The molecule has 0 fully saturated rings. The minimum absolute atomic E-state index is 0.0451. The Kier molecular flexibility index (Phi) is 3.78. The maximum absolute atomic E-state index is 12.0. The summed E-state index contributed by atoms with van der Waals surface area (Å²) < 4.78 is 0. The van der Waals surface area contributed by atoms with Crippen LogP contribution in [-0.4, -0.2) is 16.1 Å². The fourth-order valence-electron chi connectivity index (χ4n) is 2.16. The molecule has 0 spiro atoms. The molecular weight excluding hydrogens is 270 g/mol. The number of anilines is 1. The standard InChI is InChI=1S/C15H15N3OS/c19-14(8-2-5-12-6-3-9-20-12)17-13-7-1-4-11-10-16-18-15(11)13/h1,3-4,6-7,9-10H,2,5,8H2,(H,16,18)(H,17,19). The van der Waals surface area contributed by atoms with Gasteiger partial charge in [-0.25, -0.2) is 0 Å². The van der Waals surface area contributed by atoms with Crippen LogP contribution in [0.25, 0.3) is 10.9 Å². The highest BCUT2D eigenvalue weighted by Crippen LogP contribution is 2.20. The van der Waals surface area contributed by atoms with E-state index in [9.17, 15) is 4.79 Å². The molecule has 4 nitrogen and oxygen atoms in total. The van der Waals surface area contributed by atoms with Gasteiger partial charge in [-0.2, -0.15) is 5.10 Å². The number of nitrogens with zero attached hydrogens (tertiary/aromatic N) is 1. The number of H-pyrrole nitrogens is 1. The summed E-state index contributed by atoms with van der Waals surface area (Å²) in [5, 5.41) is 12.9. The molecule has 5 heteroatoms. The summed E-state index contributed by atoms with van der Waals surface area (Å²) in [6, 6.07) is 9.91. The van der Waals surface area contributed by atoms with Crippen molar-refractivity contribution in [2.24, 2.45) is 0 Å². The van der Waals surface area contributed by atoms with Crippen LogP contribution in [0.5, 0.6) is 0 Å². The van der Waals surface area contributed by atoms with E-state index in [1.165, 1.54) is 4.88 Å². The lowest BCUT2D eigenvalue weighted by molar-refractivity contribution is -0.116. The highest BCUT2D eigenvalue weighted by Gasteiger charge is 2.07. The van der Waals surface area contributed by atoms with Crippen LogP contribution in [0.2, 0.25) is 0 Å². The molecule has 1 amide bonds. The third-order valence-corrected chi connectivity index (χ3v) is 4.09. The monoisotopic (exact) mass is 285 g/mol. The summed E-state index contributed by atoms with van der Waals surface area (Å²) in [6.07, 6.45) is 4.11. The second kappa shape index (κ2) is 5.88. The maximum Gasteiger partial charge on any atom is 0.224 e. The predicted octanol–water partition coefficient (Wildman–Crippen LogP) is 3.59. The second-order valence-electron chi connectivity index (χ2n) is 4.62. The number of nitrogens with one attached hydrogen (secondary N) is 2. The van der Waals surface area contributed by atoms with Crippen LogP contribution in [0.4, 0.5) is 5.69 Å². The van der Waals surface area contributed by atoms with Crippen LogP contribution in [0.3, 0.4) is 0 Å². The van der Waals surface area contributed by atoms with Crippen molar-refractivity contribution in [1.29, 1.82) is 0 Å². The van der Waals surface area contributed by atoms with Gasteiger partial charge in [0.15, 0.2) is 0 Å². The van der Waals surface area contributed by atoms with Crippen molar-refractivity contribution in [3.05, 3.63) is 46.8 Å². The molecule has 0 aliphatic heterocycles. The molecule has 3 aromatic rings. The number of rotatable bonds is 5. The van der Waals surface area contributed by atoms with Gasteiger partial charge in [-0.15, -0.1) is 11.3 Å². The smallest absolute Gasteiger partial charge is 0.224 e. The lowest BCUT2D eigenvalue weighted by Gasteiger charge is -2.05. The number of amides is 1. The van der Waals surface area contributed by atoms with Crippen molar-refractivity contribution < 1.29 is 4.79 Å². The third-order valence-electron chi connectivity index (χ3n) is 3.16. The van der Waals surface area contributed by atoms with Crippen LogP contribution in [0.15, 0.2) is 41.9 Å². The van der Waals surface area contributed by atoms with E-state index in [-0.39, 0.29) is 5.91 Å². The number of carbonyl (C=O) groups is 1. The Balaban J connectivity index is 1.57. The molecule has 2 aromatic heterocycles. The molecule has 3 rings (SSSR count). The largest absolute Gasteiger partial charge is 0.324 e. The zero-order valence-electron chi connectivity index (χ0n) is 10.9. The summed E-state index contributed by atoms with van der Waals surface area (Å²) >= 11 is 1.74. The van der Waals surface area contributed by atoms with Gasteiger partial charge in [-0.3, -0.25) is 9.89 Å². The van der Waals surface area contributed by atoms with E-state index in [2.05, 4.69) is 27.0 Å². The minimum atomic E-state index is 0.0451. The SMILES string of the molecule is O=C(CCCc1cccs1)Nc1cccc2cn[nH]c12. The maximum atomic E-state index is 12.0. The van der Waals surface area contributed by atoms with E-state index in [1.54, 1.807) is 17.5 Å². The number of benzene rings is 1. The van der Waals surface area contributed by atoms with Gasteiger partial charge in [0.05, 0.1) is 17.4 Å². The fourth-order valence-corrected chi connectivity index (χ4v) is 2.92. The predicted molar refractivity (Wildman–Crippen MR) is 82.0 cm³/mol. The number of fused-ring (bicyclic) bond motifs is 1. The number of hydrogen-bond acceptors (Lipinski definition) is 3. The van der Waals surface area contributed by atoms with E-state index < -0.39 is 0 Å². The Hall–Kier alpha value is -2.14. The molecule has 0 radical (unpaired) electrons. The normalized spacial score (nSPS) is 10.8. The molecule has 2 heterocycles. The third kappa shape index (κ3) is 2.88. The molecular formula is C15H15N3OS. The molecule has 0 aliphatic carbocycles. The van der Waals surface area contributed by atoms with Gasteiger partial charge in [0, 0.05) is 16.7 Å². The van der Waals surface area contributed by atoms with E-state index in [1.807, 2.05) is 24.3 Å². The van der Waals surface area contributed by atoms with Crippen molar-refractivity contribution in [2.75, 3.05) is 5.32 Å². The number of aromatic nitrogens is 2. The summed E-state index contributed by atoms with van der Waals surface area (Å²) in [5.41, 5.74) is 1.67. The number of aromatic amines is 1. The Labute approximate surface area is 120 Å². The Morgan fingerprint density at radius 3 is 3.10 bits per heavy atom. The van der Waals surface area contributed by atoms with Crippen LogP contribution in [0, 0.1) is 0 Å². The van der Waals surface area contributed by atoms with E-state index >= 15 is 0 Å². The number of hydrogen-bond donors (Lipinski definition) is 2. The number of thiophene rings is 1. The lowest BCUT2D eigenvalue weighted by Crippen LogP contribution is -2.11. The van der Waals surface area contributed by atoms with Gasteiger partial charge < -0.3 is 5.32 Å². The quantitative estimate of drug-likeness (QED) is 0.752. The Morgan fingerprint density at radius 2 is 2.25 bits per heavy atom. The minimum Gasteiger partial charge on any atom is -0.324 e.